The zero-order valence-electron chi connectivity index (χ0n) is 12.9. The zero-order chi connectivity index (χ0) is 16.0. The molecule has 0 aliphatic rings. The molecule has 0 fully saturated rings. The van der Waals surface area contributed by atoms with Crippen molar-refractivity contribution in [2.45, 2.75) is 25.2 Å². The summed E-state index contributed by atoms with van der Waals surface area (Å²) in [5.74, 6) is 0.689. The van der Waals surface area contributed by atoms with Crippen LogP contribution in [0.5, 0.6) is 0 Å². The molecule has 1 unspecified atom stereocenters. The van der Waals surface area contributed by atoms with E-state index < -0.39 is 9.84 Å². The third kappa shape index (κ3) is 5.73. The molecule has 21 heavy (non-hydrogen) atoms. The predicted octanol–water partition coefficient (Wildman–Crippen LogP) is 2.07. The number of hydrogen-bond acceptors (Lipinski definition) is 4. The first-order valence-electron chi connectivity index (χ1n) is 7.07. The maximum absolute atomic E-state index is 12.3. The van der Waals surface area contributed by atoms with Gasteiger partial charge in [-0.1, -0.05) is 44.6 Å². The van der Waals surface area contributed by atoms with Gasteiger partial charge in [-0.3, -0.25) is 0 Å². The summed E-state index contributed by atoms with van der Waals surface area (Å²) in [5, 5.41) is 0. The number of rotatable bonds is 8. The van der Waals surface area contributed by atoms with Crippen LogP contribution >= 0.6 is 12.2 Å². The molecule has 118 valence electrons. The Kier molecular flexibility index (Phi) is 6.77. The maximum atomic E-state index is 12.3. The fourth-order valence-corrected chi connectivity index (χ4v) is 3.45. The van der Waals surface area contributed by atoms with Gasteiger partial charge in [-0.05, 0) is 25.1 Å². The van der Waals surface area contributed by atoms with E-state index in [2.05, 4.69) is 18.7 Å². The van der Waals surface area contributed by atoms with Crippen LogP contribution < -0.4 is 5.73 Å². The molecule has 0 aromatic heterocycles. The molecule has 0 saturated heterocycles. The van der Waals surface area contributed by atoms with E-state index in [9.17, 15) is 8.42 Å². The van der Waals surface area contributed by atoms with Crippen molar-refractivity contribution in [3.8, 4) is 0 Å². The molecule has 1 atom stereocenters. The molecule has 0 spiro atoms. The summed E-state index contributed by atoms with van der Waals surface area (Å²) < 4.78 is 24.6. The molecular formula is C15H24N2O2S2. The lowest BCUT2D eigenvalue weighted by molar-refractivity contribution is 0.296. The lowest BCUT2D eigenvalue weighted by Crippen LogP contribution is -2.29. The molecule has 0 radical (unpaired) electrons. The maximum Gasteiger partial charge on any atom is 0.179 e. The standard InChI is InChI=1S/C15H24N2O2S2/c1-4-12(2)11-17(3)9-10-21(18,19)14-7-5-13(6-8-14)15(16)20/h5-8,12H,4,9-11H2,1-3H3,(H2,16,20). The fraction of sp³-hybridized carbons (Fsp3) is 0.533. The summed E-state index contributed by atoms with van der Waals surface area (Å²) in [5.41, 5.74) is 6.18. The van der Waals surface area contributed by atoms with E-state index in [0.717, 1.165) is 13.0 Å². The molecule has 4 nitrogen and oxygen atoms in total. The van der Waals surface area contributed by atoms with Crippen molar-refractivity contribution in [1.29, 1.82) is 0 Å². The third-order valence-corrected chi connectivity index (χ3v) is 5.51. The Morgan fingerprint density at radius 2 is 1.90 bits per heavy atom. The largest absolute Gasteiger partial charge is 0.389 e. The fourth-order valence-electron chi connectivity index (χ4n) is 1.97. The average molecular weight is 329 g/mol. The smallest absolute Gasteiger partial charge is 0.179 e. The molecule has 1 rings (SSSR count). The second-order valence-corrected chi connectivity index (χ2v) is 8.03. The van der Waals surface area contributed by atoms with Crippen LogP contribution in [0.4, 0.5) is 0 Å². The van der Waals surface area contributed by atoms with Crippen LogP contribution in [0.25, 0.3) is 0 Å². The van der Waals surface area contributed by atoms with Gasteiger partial charge in [0.05, 0.1) is 10.6 Å². The van der Waals surface area contributed by atoms with Gasteiger partial charge < -0.3 is 10.6 Å². The van der Waals surface area contributed by atoms with E-state index >= 15 is 0 Å². The van der Waals surface area contributed by atoms with Gasteiger partial charge in [-0.25, -0.2) is 8.42 Å². The van der Waals surface area contributed by atoms with Gasteiger partial charge in [-0.2, -0.15) is 0 Å². The van der Waals surface area contributed by atoms with Gasteiger partial charge in [0.1, 0.15) is 4.99 Å². The minimum Gasteiger partial charge on any atom is -0.389 e. The summed E-state index contributed by atoms with van der Waals surface area (Å²) in [6, 6.07) is 6.44. The number of hydrogen-bond donors (Lipinski definition) is 1. The highest BCUT2D eigenvalue weighted by Crippen LogP contribution is 2.13. The van der Waals surface area contributed by atoms with Gasteiger partial charge >= 0.3 is 0 Å². The Balaban J connectivity index is 2.67. The molecule has 1 aromatic rings. The van der Waals surface area contributed by atoms with Crippen LogP contribution in [-0.2, 0) is 9.84 Å². The van der Waals surface area contributed by atoms with Crippen LogP contribution in [0.2, 0.25) is 0 Å². The number of thiocarbonyl (C=S) groups is 1. The van der Waals surface area contributed by atoms with Crippen LogP contribution in [0, 0.1) is 5.92 Å². The quantitative estimate of drug-likeness (QED) is 0.740. The van der Waals surface area contributed by atoms with Crippen molar-refractivity contribution >= 4 is 27.0 Å². The Morgan fingerprint density at radius 1 is 1.33 bits per heavy atom. The Bertz CT molecular complexity index is 568. The van der Waals surface area contributed by atoms with Crippen molar-refractivity contribution in [2.75, 3.05) is 25.9 Å². The summed E-state index contributed by atoms with van der Waals surface area (Å²) in [6.45, 7) is 5.74. The van der Waals surface area contributed by atoms with Crippen molar-refractivity contribution in [2.24, 2.45) is 11.7 Å². The van der Waals surface area contributed by atoms with E-state index in [0.29, 0.717) is 22.9 Å². The van der Waals surface area contributed by atoms with E-state index in [1.165, 1.54) is 0 Å². The average Bonchev–Trinajstić information content (AvgIpc) is 2.45. The molecular weight excluding hydrogens is 304 g/mol. The van der Waals surface area contributed by atoms with Gasteiger partial charge in [0.2, 0.25) is 0 Å². The first-order valence-corrected chi connectivity index (χ1v) is 9.13. The van der Waals surface area contributed by atoms with Crippen LogP contribution in [0.1, 0.15) is 25.8 Å². The predicted molar refractivity (Wildman–Crippen MR) is 91.3 cm³/mol. The summed E-state index contributed by atoms with van der Waals surface area (Å²) in [7, 11) is -1.31. The van der Waals surface area contributed by atoms with Crippen LogP contribution in [-0.4, -0.2) is 44.2 Å². The molecule has 0 aliphatic carbocycles. The van der Waals surface area contributed by atoms with E-state index in [-0.39, 0.29) is 10.7 Å². The molecule has 0 saturated carbocycles. The van der Waals surface area contributed by atoms with Crippen molar-refractivity contribution < 1.29 is 8.42 Å². The molecule has 0 aliphatic heterocycles. The normalized spacial score (nSPS) is 13.3. The molecule has 6 heteroatoms. The number of nitrogens with two attached hydrogens (primary N) is 1. The van der Waals surface area contributed by atoms with Gasteiger partial charge in [0.25, 0.3) is 0 Å². The lowest BCUT2D eigenvalue weighted by atomic mass is 10.1. The van der Waals surface area contributed by atoms with Gasteiger partial charge in [-0.15, -0.1) is 0 Å². The third-order valence-electron chi connectivity index (χ3n) is 3.56. The summed E-state index contributed by atoms with van der Waals surface area (Å²) in [6.07, 6.45) is 1.09. The van der Waals surface area contributed by atoms with E-state index in [1.54, 1.807) is 24.3 Å². The first-order chi connectivity index (χ1) is 9.76. The van der Waals surface area contributed by atoms with Crippen LogP contribution in [0.15, 0.2) is 29.2 Å². The van der Waals surface area contributed by atoms with Gasteiger partial charge in [0, 0.05) is 18.7 Å². The first kappa shape index (κ1) is 18.1. The van der Waals surface area contributed by atoms with Crippen molar-refractivity contribution in [1.82, 2.24) is 4.90 Å². The lowest BCUT2D eigenvalue weighted by Gasteiger charge is -2.20. The highest BCUT2D eigenvalue weighted by molar-refractivity contribution is 7.91. The van der Waals surface area contributed by atoms with E-state index in [4.69, 9.17) is 18.0 Å². The second-order valence-electron chi connectivity index (χ2n) is 5.48. The minimum absolute atomic E-state index is 0.117. The number of benzene rings is 1. The Morgan fingerprint density at radius 3 is 2.38 bits per heavy atom. The molecule has 0 amide bonds. The van der Waals surface area contributed by atoms with Crippen molar-refractivity contribution in [3.63, 3.8) is 0 Å². The zero-order valence-corrected chi connectivity index (χ0v) is 14.5. The number of nitrogens with zero attached hydrogens (tertiary/aromatic N) is 1. The highest BCUT2D eigenvalue weighted by Gasteiger charge is 2.16. The summed E-state index contributed by atoms with van der Waals surface area (Å²) in [4.78, 5) is 2.65. The van der Waals surface area contributed by atoms with Gasteiger partial charge in [0.15, 0.2) is 9.84 Å². The highest BCUT2D eigenvalue weighted by atomic mass is 32.2. The van der Waals surface area contributed by atoms with Crippen LogP contribution in [0.3, 0.4) is 0 Å². The van der Waals surface area contributed by atoms with E-state index in [1.807, 2.05) is 7.05 Å². The second kappa shape index (κ2) is 7.87. The molecule has 0 heterocycles. The topological polar surface area (TPSA) is 63.4 Å². The Hall–Kier alpha value is -0.980. The van der Waals surface area contributed by atoms with Crippen molar-refractivity contribution in [3.05, 3.63) is 29.8 Å². The molecule has 2 N–H and O–H groups in total. The summed E-state index contributed by atoms with van der Waals surface area (Å²) >= 11 is 4.86. The Labute approximate surface area is 133 Å². The monoisotopic (exact) mass is 328 g/mol. The SMILES string of the molecule is CCC(C)CN(C)CCS(=O)(=O)c1ccc(C(N)=S)cc1. The molecule has 1 aromatic carbocycles. The molecule has 0 bridgehead atoms. The number of sulfone groups is 1. The minimum atomic E-state index is -3.27.